The molecule has 1 nitrogen and oxygen atoms in total. The van der Waals surface area contributed by atoms with E-state index in [9.17, 15) is 0 Å². The third kappa shape index (κ3) is 8.90. The molecule has 0 amide bonds. The van der Waals surface area contributed by atoms with Crippen LogP contribution in [0, 0.1) is 0 Å². The van der Waals surface area contributed by atoms with Crippen molar-refractivity contribution in [1.82, 2.24) is 6.15 Å². The summed E-state index contributed by atoms with van der Waals surface area (Å²) in [6.07, 6.45) is 0. The monoisotopic (exact) mass is 127 g/mol. The Hall–Kier alpha value is 2.18. The fourth-order valence-corrected chi connectivity index (χ4v) is 0. The van der Waals surface area contributed by atoms with Gasteiger partial charge in [0, 0.05) is 0 Å². The Morgan fingerprint density at radius 2 is 1.00 bits per heavy atom. The normalized spacial score (nSPS) is 0. The third-order valence-corrected chi connectivity index (χ3v) is 0. The summed E-state index contributed by atoms with van der Waals surface area (Å²) >= 11 is 0. The predicted molar refractivity (Wildman–Crippen MR) is 12.3 cm³/mol. The van der Waals surface area contributed by atoms with Crippen molar-refractivity contribution in [3.8, 4) is 0 Å². The minimum atomic E-state index is 0. The maximum absolute atomic E-state index is 0. The molecule has 0 atom stereocenters. The van der Waals surface area contributed by atoms with E-state index >= 15 is 0 Å². The van der Waals surface area contributed by atoms with Crippen molar-refractivity contribution in [2.45, 2.75) is 0 Å². The molecular weight excluding hydrogens is 124 g/mol. The zero-order valence-corrected chi connectivity index (χ0v) is 7.19. The summed E-state index contributed by atoms with van der Waals surface area (Å²) in [5.41, 5.74) is 0. The van der Waals surface area contributed by atoms with Crippen molar-refractivity contribution in [3.63, 3.8) is 0 Å². The van der Waals surface area contributed by atoms with Crippen LogP contribution in [0.2, 0.25) is 0 Å². The average molecular weight is 128 g/mol. The Balaban J connectivity index is 0. The molecule has 4 heavy (non-hydrogen) atoms. The summed E-state index contributed by atoms with van der Waals surface area (Å²) in [4.78, 5) is 0. The maximum Gasteiger partial charge on any atom is 1.00 e. The van der Waals surface area contributed by atoms with Gasteiger partial charge in [-0.3, -0.25) is 0 Å². The topological polar surface area (TPSA) is 35.0 Å². The van der Waals surface area contributed by atoms with Crippen LogP contribution in [0.4, 0.5) is 0 Å². The van der Waals surface area contributed by atoms with Crippen molar-refractivity contribution in [2.75, 3.05) is 0 Å². The van der Waals surface area contributed by atoms with Crippen LogP contribution in [0.5, 0.6) is 0 Å². The molecule has 4 heteroatoms. The Kier molecular flexibility index (Phi) is 167. The summed E-state index contributed by atoms with van der Waals surface area (Å²) in [5, 5.41) is 0. The van der Waals surface area contributed by atoms with Crippen molar-refractivity contribution < 1.29 is 63.8 Å². The molecule has 0 saturated carbocycles. The molecule has 0 fully saturated rings. The molecular formula is H4Cl2KN. The van der Waals surface area contributed by atoms with E-state index in [1.807, 2.05) is 0 Å². The zero-order chi connectivity index (χ0) is 0. The van der Waals surface area contributed by atoms with Gasteiger partial charge >= 0.3 is 51.4 Å². The van der Waals surface area contributed by atoms with Gasteiger partial charge in [-0.2, -0.15) is 0 Å². The smallest absolute Gasteiger partial charge is 1.00 e. The van der Waals surface area contributed by atoms with Crippen LogP contribution in [0.3, 0.4) is 0 Å². The third-order valence-electron chi connectivity index (χ3n) is 0. The summed E-state index contributed by atoms with van der Waals surface area (Å²) < 4.78 is 0. The van der Waals surface area contributed by atoms with Gasteiger partial charge in [-0.25, -0.2) is 0 Å². The first-order valence-electron chi connectivity index (χ1n) is 0. The first-order valence-corrected chi connectivity index (χ1v) is 0. The van der Waals surface area contributed by atoms with Gasteiger partial charge in [0.15, 0.2) is 0 Å². The Bertz CT molecular complexity index is 6.00. The average Bonchev–Trinajstić information content (AvgIpc) is 0. The van der Waals surface area contributed by atoms with E-state index in [1.165, 1.54) is 0 Å². The standard InChI is InChI=1S/2ClH.K.H3N/h2*1H;;1H3/q;;+1;/p-1. The van der Waals surface area contributed by atoms with Crippen molar-refractivity contribution >= 4 is 12.4 Å². The van der Waals surface area contributed by atoms with Gasteiger partial charge in [0.25, 0.3) is 0 Å². The molecule has 0 unspecified atom stereocenters. The largest absolute Gasteiger partial charge is 1.00 e. The van der Waals surface area contributed by atoms with Gasteiger partial charge in [0.1, 0.15) is 0 Å². The summed E-state index contributed by atoms with van der Waals surface area (Å²) in [6, 6.07) is 0. The van der Waals surface area contributed by atoms with E-state index in [0.717, 1.165) is 0 Å². The predicted octanol–water partition coefficient (Wildman–Crippen LogP) is -5.41. The molecule has 3 N–H and O–H groups in total. The quantitative estimate of drug-likeness (QED) is 0.325. The van der Waals surface area contributed by atoms with Crippen LogP contribution >= 0.6 is 12.4 Å². The SMILES string of the molecule is Cl.N.[Cl-].[K+]. The van der Waals surface area contributed by atoms with Crippen LogP contribution < -0.4 is 69.9 Å². The molecule has 0 aliphatic rings. The van der Waals surface area contributed by atoms with Gasteiger partial charge in [-0.1, -0.05) is 0 Å². The molecule has 0 aliphatic carbocycles. The number of halogens is 2. The van der Waals surface area contributed by atoms with Crippen molar-refractivity contribution in [1.29, 1.82) is 0 Å². The molecule has 0 aromatic heterocycles. The van der Waals surface area contributed by atoms with Gasteiger partial charge < -0.3 is 18.6 Å². The maximum atomic E-state index is 0. The van der Waals surface area contributed by atoms with E-state index in [2.05, 4.69) is 0 Å². The van der Waals surface area contributed by atoms with Crippen LogP contribution in [0.15, 0.2) is 0 Å². The second-order valence-electron chi connectivity index (χ2n) is 0. The molecule has 0 aliphatic heterocycles. The summed E-state index contributed by atoms with van der Waals surface area (Å²) in [6.45, 7) is 0. The van der Waals surface area contributed by atoms with Gasteiger partial charge in [-0.05, 0) is 0 Å². The second kappa shape index (κ2) is 19.1. The fourth-order valence-electron chi connectivity index (χ4n) is 0. The van der Waals surface area contributed by atoms with Crippen molar-refractivity contribution in [2.24, 2.45) is 0 Å². The molecule has 0 rings (SSSR count). The first kappa shape index (κ1) is 34.9. The summed E-state index contributed by atoms with van der Waals surface area (Å²) in [7, 11) is 0. The fraction of sp³-hybridized carbons (Fsp3) is 0. The number of hydrogen-bond donors (Lipinski definition) is 1. The van der Waals surface area contributed by atoms with Crippen LogP contribution in [-0.2, 0) is 0 Å². The molecule has 24 valence electrons. The number of rotatable bonds is 0. The Labute approximate surface area is 80.7 Å². The molecule has 0 spiro atoms. The van der Waals surface area contributed by atoms with E-state index in [1.54, 1.807) is 0 Å². The van der Waals surface area contributed by atoms with Gasteiger partial charge in [0.2, 0.25) is 0 Å². The second-order valence-corrected chi connectivity index (χ2v) is 0. The first-order chi connectivity index (χ1) is 0. The van der Waals surface area contributed by atoms with Crippen LogP contribution in [0.1, 0.15) is 0 Å². The van der Waals surface area contributed by atoms with Gasteiger partial charge in [0.05, 0.1) is 0 Å². The minimum absolute atomic E-state index is 0. The molecule has 0 aromatic carbocycles. The van der Waals surface area contributed by atoms with Crippen molar-refractivity contribution in [3.05, 3.63) is 0 Å². The summed E-state index contributed by atoms with van der Waals surface area (Å²) in [5.74, 6) is 0. The number of hydrogen-bond acceptors (Lipinski definition) is 1. The molecule has 0 bridgehead atoms. The van der Waals surface area contributed by atoms with E-state index in [-0.39, 0.29) is 82.3 Å². The van der Waals surface area contributed by atoms with Crippen LogP contribution in [-0.4, -0.2) is 0 Å². The van der Waals surface area contributed by atoms with E-state index < -0.39 is 0 Å². The van der Waals surface area contributed by atoms with Gasteiger partial charge in [-0.15, -0.1) is 12.4 Å². The Morgan fingerprint density at radius 1 is 1.00 bits per heavy atom. The van der Waals surface area contributed by atoms with E-state index in [0.29, 0.717) is 0 Å². The zero-order valence-electron chi connectivity index (χ0n) is 2.49. The molecule has 0 radical (unpaired) electrons. The van der Waals surface area contributed by atoms with E-state index in [4.69, 9.17) is 0 Å². The van der Waals surface area contributed by atoms with Crippen LogP contribution in [0.25, 0.3) is 0 Å². The molecule has 0 saturated heterocycles. The molecule has 0 heterocycles. The Morgan fingerprint density at radius 3 is 1.00 bits per heavy atom. The molecule has 0 aromatic rings. The minimum Gasteiger partial charge on any atom is -1.00 e.